The third-order valence-electron chi connectivity index (χ3n) is 2.73. The summed E-state index contributed by atoms with van der Waals surface area (Å²) in [6.07, 6.45) is 2.79. The van der Waals surface area contributed by atoms with Crippen molar-refractivity contribution in [2.75, 3.05) is 0 Å². The molecule has 0 aliphatic heterocycles. The van der Waals surface area contributed by atoms with E-state index in [1.807, 2.05) is 13.8 Å². The Morgan fingerprint density at radius 2 is 2.30 bits per heavy atom. The van der Waals surface area contributed by atoms with Crippen LogP contribution in [0.25, 0.3) is 17.1 Å². The number of nitrogens with zero attached hydrogens (tertiary/aromatic N) is 2. The molecule has 0 aromatic carbocycles. The number of aromatic amines is 2. The quantitative estimate of drug-likeness (QED) is 0.675. The zero-order valence-electron chi connectivity index (χ0n) is 11.0. The van der Waals surface area contributed by atoms with Gasteiger partial charge < -0.3 is 4.98 Å². The number of halogens is 1. The van der Waals surface area contributed by atoms with Crippen LogP contribution in [0.2, 0.25) is 0 Å². The molecule has 0 unspecified atom stereocenters. The highest BCUT2D eigenvalue weighted by Crippen LogP contribution is 2.22. The maximum atomic E-state index is 13.3. The molecule has 0 bridgehead atoms. The second kappa shape index (κ2) is 5.38. The first-order valence-corrected chi connectivity index (χ1v) is 6.25. The summed E-state index contributed by atoms with van der Waals surface area (Å²) in [5.74, 6) is -0.315. The van der Waals surface area contributed by atoms with E-state index in [2.05, 4.69) is 21.8 Å². The van der Waals surface area contributed by atoms with Crippen molar-refractivity contribution in [3.63, 3.8) is 0 Å². The van der Waals surface area contributed by atoms with Crippen LogP contribution in [0.1, 0.15) is 13.8 Å². The van der Waals surface area contributed by atoms with Crippen LogP contribution in [-0.4, -0.2) is 19.7 Å². The van der Waals surface area contributed by atoms with Crippen molar-refractivity contribution in [3.05, 3.63) is 51.4 Å². The van der Waals surface area contributed by atoms with E-state index >= 15 is 0 Å². The van der Waals surface area contributed by atoms with E-state index in [1.54, 1.807) is 10.6 Å². The Morgan fingerprint density at radius 1 is 1.60 bits per heavy atom. The molecule has 2 heterocycles. The Balaban J connectivity index is 2.78. The van der Waals surface area contributed by atoms with Crippen LogP contribution in [0, 0.1) is 10.6 Å². The molecule has 7 heteroatoms. The summed E-state index contributed by atoms with van der Waals surface area (Å²) in [7, 11) is 0. The molecule has 0 atom stereocenters. The number of H-pyrrole nitrogens is 2. The Bertz CT molecular complexity index is 812. The number of hydrogen-bond acceptors (Lipinski definition) is 3. The third kappa shape index (κ3) is 2.39. The highest BCUT2D eigenvalue weighted by Gasteiger charge is 2.16. The van der Waals surface area contributed by atoms with Crippen LogP contribution in [0.4, 0.5) is 4.39 Å². The molecule has 20 heavy (non-hydrogen) atoms. The first-order chi connectivity index (χ1) is 9.45. The largest absolute Gasteiger partial charge is 0.326 e. The van der Waals surface area contributed by atoms with Crippen LogP contribution in [0.5, 0.6) is 0 Å². The number of aromatic nitrogens is 4. The average molecular weight is 292 g/mol. The maximum absolute atomic E-state index is 13.3. The van der Waals surface area contributed by atoms with Gasteiger partial charge in [0.1, 0.15) is 5.82 Å². The zero-order chi connectivity index (χ0) is 14.9. The second-order valence-corrected chi connectivity index (χ2v) is 4.59. The topological polar surface area (TPSA) is 66.5 Å². The van der Waals surface area contributed by atoms with Crippen molar-refractivity contribution in [1.82, 2.24) is 19.7 Å². The van der Waals surface area contributed by atoms with E-state index in [0.717, 1.165) is 17.8 Å². The molecular weight excluding hydrogens is 279 g/mol. The molecule has 2 N–H and O–H groups in total. The van der Waals surface area contributed by atoms with Crippen molar-refractivity contribution in [3.8, 4) is 11.4 Å². The van der Waals surface area contributed by atoms with E-state index in [1.165, 1.54) is 0 Å². The van der Waals surface area contributed by atoms with E-state index in [9.17, 15) is 9.18 Å². The number of nitrogens with one attached hydrogen (secondary N) is 2. The lowest BCUT2D eigenvalue weighted by Gasteiger charge is -2.10. The van der Waals surface area contributed by atoms with Gasteiger partial charge in [-0.3, -0.25) is 14.5 Å². The lowest BCUT2D eigenvalue weighted by Crippen LogP contribution is -2.12. The van der Waals surface area contributed by atoms with Crippen LogP contribution in [-0.2, 0) is 0 Å². The summed E-state index contributed by atoms with van der Waals surface area (Å²) in [6.45, 7) is 7.49. The molecule has 0 saturated carbocycles. The summed E-state index contributed by atoms with van der Waals surface area (Å²) < 4.78 is 15.2. The monoisotopic (exact) mass is 292 g/mol. The minimum Gasteiger partial charge on any atom is -0.326 e. The van der Waals surface area contributed by atoms with Gasteiger partial charge in [-0.2, -0.15) is 5.10 Å². The van der Waals surface area contributed by atoms with Gasteiger partial charge in [-0.15, -0.1) is 0 Å². The van der Waals surface area contributed by atoms with Gasteiger partial charge in [0, 0.05) is 11.9 Å². The average Bonchev–Trinajstić information content (AvgIpc) is 2.75. The van der Waals surface area contributed by atoms with Gasteiger partial charge in [-0.05, 0) is 37.7 Å². The van der Waals surface area contributed by atoms with Crippen LogP contribution in [0.15, 0.2) is 35.3 Å². The Labute approximate surface area is 119 Å². The Morgan fingerprint density at radius 3 is 2.90 bits per heavy atom. The summed E-state index contributed by atoms with van der Waals surface area (Å²) in [5.41, 5.74) is 1.10. The van der Waals surface area contributed by atoms with Gasteiger partial charge in [0.15, 0.2) is 10.6 Å². The predicted molar refractivity (Wildman–Crippen MR) is 78.2 cm³/mol. The molecule has 0 aliphatic carbocycles. The summed E-state index contributed by atoms with van der Waals surface area (Å²) in [4.78, 5) is 14.2. The smallest absolute Gasteiger partial charge is 0.259 e. The lowest BCUT2D eigenvalue weighted by atomic mass is 10.2. The molecule has 0 radical (unpaired) electrons. The minimum absolute atomic E-state index is 0.0953. The van der Waals surface area contributed by atoms with Gasteiger partial charge in [0.05, 0.1) is 5.56 Å². The van der Waals surface area contributed by atoms with Gasteiger partial charge in [0.2, 0.25) is 0 Å². The molecule has 2 aromatic rings. The molecule has 2 aromatic heterocycles. The van der Waals surface area contributed by atoms with Gasteiger partial charge in [0.25, 0.3) is 5.56 Å². The first-order valence-electron chi connectivity index (χ1n) is 5.84. The minimum atomic E-state index is -0.558. The SMILES string of the molecule is C=C(C)/C(=C\C)n1c(-c2cc(F)c[nH]c2=O)n[nH]c1=S. The molecule has 0 amide bonds. The Hall–Kier alpha value is -2.28. The van der Waals surface area contributed by atoms with Crippen molar-refractivity contribution in [2.24, 2.45) is 0 Å². The normalized spacial score (nSPS) is 11.7. The number of rotatable bonds is 3. The lowest BCUT2D eigenvalue weighted by molar-refractivity contribution is 0.620. The summed E-state index contributed by atoms with van der Waals surface area (Å²) >= 11 is 5.17. The van der Waals surface area contributed by atoms with Crippen LogP contribution < -0.4 is 5.56 Å². The van der Waals surface area contributed by atoms with Crippen molar-refractivity contribution in [2.45, 2.75) is 13.8 Å². The Kier molecular flexibility index (Phi) is 3.80. The third-order valence-corrected chi connectivity index (χ3v) is 3.01. The van der Waals surface area contributed by atoms with Crippen molar-refractivity contribution >= 4 is 17.9 Å². The number of pyridine rings is 1. The highest BCUT2D eigenvalue weighted by molar-refractivity contribution is 7.71. The molecule has 104 valence electrons. The van der Waals surface area contributed by atoms with Gasteiger partial charge >= 0.3 is 0 Å². The molecule has 0 saturated heterocycles. The van der Waals surface area contributed by atoms with E-state index in [4.69, 9.17) is 12.2 Å². The van der Waals surface area contributed by atoms with Gasteiger partial charge in [-0.25, -0.2) is 4.39 Å². The molecule has 5 nitrogen and oxygen atoms in total. The second-order valence-electron chi connectivity index (χ2n) is 4.20. The predicted octanol–water partition coefficient (Wildman–Crippen LogP) is 2.87. The summed E-state index contributed by atoms with van der Waals surface area (Å²) in [5, 5.41) is 6.63. The maximum Gasteiger partial charge on any atom is 0.259 e. The van der Waals surface area contributed by atoms with Crippen molar-refractivity contribution < 1.29 is 4.39 Å². The highest BCUT2D eigenvalue weighted by atomic mass is 32.1. The fraction of sp³-hybridized carbons (Fsp3) is 0.154. The van der Waals surface area contributed by atoms with Crippen molar-refractivity contribution in [1.29, 1.82) is 0 Å². The number of allylic oxidation sites excluding steroid dienone is 3. The fourth-order valence-corrected chi connectivity index (χ4v) is 2.12. The van der Waals surface area contributed by atoms with Crippen LogP contribution in [0.3, 0.4) is 0 Å². The molecular formula is C13H13FN4OS. The molecule has 0 aliphatic rings. The first kappa shape index (κ1) is 14.1. The number of hydrogen-bond donors (Lipinski definition) is 2. The van der Waals surface area contributed by atoms with E-state index < -0.39 is 11.4 Å². The van der Waals surface area contributed by atoms with E-state index in [0.29, 0.717) is 10.5 Å². The fourth-order valence-electron chi connectivity index (χ4n) is 1.89. The molecule has 0 spiro atoms. The molecule has 2 rings (SSSR count). The zero-order valence-corrected chi connectivity index (χ0v) is 11.8. The van der Waals surface area contributed by atoms with Crippen LogP contribution >= 0.6 is 12.2 Å². The van der Waals surface area contributed by atoms with Gasteiger partial charge in [-0.1, -0.05) is 12.7 Å². The standard InChI is InChI=1S/C13H13FN4OS/c1-4-10(7(2)3)18-11(16-17-13(18)20)9-5-8(14)6-15-12(9)19/h4-6H,2H2,1,3H3,(H,15,19)(H,17,20)/b10-4+. The molecule has 0 fully saturated rings. The summed E-state index contributed by atoms with van der Waals surface area (Å²) in [6, 6.07) is 1.12. The van der Waals surface area contributed by atoms with E-state index in [-0.39, 0.29) is 11.4 Å².